The van der Waals surface area contributed by atoms with Gasteiger partial charge in [0.15, 0.2) is 0 Å². The van der Waals surface area contributed by atoms with Crippen LogP contribution in [0.25, 0.3) is 78.2 Å². The van der Waals surface area contributed by atoms with Crippen molar-refractivity contribution in [2.45, 2.75) is 74.5 Å². The Morgan fingerprint density at radius 3 is 1.17 bits per heavy atom. The van der Waals surface area contributed by atoms with Crippen molar-refractivity contribution in [2.75, 3.05) is 0 Å². The molecule has 0 radical (unpaired) electrons. The summed E-state index contributed by atoms with van der Waals surface area (Å²) in [6, 6.07) is 60.7. The van der Waals surface area contributed by atoms with Gasteiger partial charge in [0.25, 0.3) is 0 Å². The van der Waals surface area contributed by atoms with E-state index in [1.165, 1.54) is 21.5 Å². The maximum absolute atomic E-state index is 14.2. The Bertz CT molecular complexity index is 3250. The van der Waals surface area contributed by atoms with Crippen molar-refractivity contribution in [3.05, 3.63) is 203 Å². The number of fused-ring (bicyclic) bond motifs is 4. The van der Waals surface area contributed by atoms with E-state index in [2.05, 4.69) is 220 Å². The average Bonchev–Trinajstić information content (AvgIpc) is 4.04. The monoisotopic (exact) mass is 1060 g/mol. The van der Waals surface area contributed by atoms with Crippen molar-refractivity contribution in [3.63, 3.8) is 0 Å². The van der Waals surface area contributed by atoms with Gasteiger partial charge in [-0.1, -0.05) is 0 Å². The molecule has 0 aromatic heterocycles. The van der Waals surface area contributed by atoms with Crippen LogP contribution in [0.1, 0.15) is 96.7 Å². The second kappa shape index (κ2) is 20.3. The molecule has 4 unspecified atom stereocenters. The van der Waals surface area contributed by atoms with Crippen molar-refractivity contribution in [2.24, 2.45) is 11.8 Å². The zero-order chi connectivity index (χ0) is 50.3. The van der Waals surface area contributed by atoms with E-state index in [-0.39, 0.29) is 36.5 Å². The van der Waals surface area contributed by atoms with Gasteiger partial charge in [0.05, 0.1) is 0 Å². The molecule has 0 saturated heterocycles. The third-order valence-corrected chi connectivity index (χ3v) is 35.8. The fourth-order valence-corrected chi connectivity index (χ4v) is 32.8. The van der Waals surface area contributed by atoms with Gasteiger partial charge in [-0.25, -0.2) is 0 Å². The molecule has 0 aliphatic heterocycles. The van der Waals surface area contributed by atoms with Gasteiger partial charge in [0.1, 0.15) is 0 Å². The predicted octanol–water partition coefficient (Wildman–Crippen LogP) is 17.4. The molecular weight excluding hydrogens is 1000 g/mol. The molecule has 10 rings (SSSR count). The first-order chi connectivity index (χ1) is 34.9. The zero-order valence-electron chi connectivity index (χ0n) is 42.1. The number of carbonyl (C=O) groups is 2. The molecule has 8 aromatic rings. The van der Waals surface area contributed by atoms with E-state index >= 15 is 0 Å². The number of hydrogen-bond acceptors (Lipinski definition) is 2. The van der Waals surface area contributed by atoms with Gasteiger partial charge >= 0.3 is 437 Å². The van der Waals surface area contributed by atoms with Gasteiger partial charge in [-0.3, -0.25) is 0 Å². The number of allylic oxidation sites excluding steroid dienone is 2. The summed E-state index contributed by atoms with van der Waals surface area (Å²) in [4.78, 5) is 28.4. The van der Waals surface area contributed by atoms with Crippen LogP contribution in [0.3, 0.4) is 0 Å². The first-order valence-corrected chi connectivity index (χ1v) is 36.5. The maximum atomic E-state index is 14.2. The van der Waals surface area contributed by atoms with Crippen LogP contribution in [0.5, 0.6) is 0 Å². The number of rotatable bonds is 15. The van der Waals surface area contributed by atoms with Gasteiger partial charge in [-0.05, 0) is 0 Å². The Morgan fingerprint density at radius 1 is 0.458 bits per heavy atom. The summed E-state index contributed by atoms with van der Waals surface area (Å²) >= 11 is -6.31. The Hall–Kier alpha value is -5.77. The van der Waals surface area contributed by atoms with E-state index in [4.69, 9.17) is 0 Å². The van der Waals surface area contributed by atoms with Crippen LogP contribution in [0.2, 0.25) is 0 Å². The Labute approximate surface area is 434 Å². The second-order valence-electron chi connectivity index (χ2n) is 20.0. The molecule has 2 amide bonds. The predicted molar refractivity (Wildman–Crippen MR) is 304 cm³/mol. The number of nitrogens with one attached hydrogen (secondary N) is 2. The molecule has 72 heavy (non-hydrogen) atoms. The number of carbonyl (C=O) groups excluding carboxylic acids is 2. The quantitative estimate of drug-likeness (QED) is 0.101. The first-order valence-electron chi connectivity index (χ1n) is 25.9. The number of amides is 2. The van der Waals surface area contributed by atoms with Gasteiger partial charge < -0.3 is 0 Å². The summed E-state index contributed by atoms with van der Waals surface area (Å²) in [6.45, 7) is 12.7. The zero-order valence-corrected chi connectivity index (χ0v) is 46.1. The van der Waals surface area contributed by atoms with Crippen molar-refractivity contribution >= 4 is 67.1 Å². The Kier molecular flexibility index (Phi) is 14.0. The van der Waals surface area contributed by atoms with Crippen molar-refractivity contribution in [3.8, 4) is 44.5 Å². The fraction of sp³-hybridized carbons (Fsp3) is 0.219. The molecule has 4 atom stereocenters. The third kappa shape index (κ3) is 8.46. The normalized spacial score (nSPS) is 16.5. The summed E-state index contributed by atoms with van der Waals surface area (Å²) in [5.74, 6) is -0.301. The van der Waals surface area contributed by atoms with Crippen LogP contribution >= 0.6 is 17.0 Å². The van der Waals surface area contributed by atoms with Gasteiger partial charge in [-0.2, -0.15) is 0 Å². The van der Waals surface area contributed by atoms with Crippen LogP contribution in [0.4, 0.5) is 0 Å². The van der Waals surface area contributed by atoms with Crippen molar-refractivity contribution < 1.29 is 25.8 Å². The van der Waals surface area contributed by atoms with Gasteiger partial charge in [0, 0.05) is 0 Å². The SMILES string of the molecule is CCC(=O)N[B](NC(=O)CC)[Zr]([Cl])([Cl])([CH]1C(C(C)CC)=Cc2c(-c3ccccc3-c3cccc4ccccc34)cccc21)[CH]1C(C(C)CC)=Cc2c(-c3ccccc3-c3cccc4ccccc34)cccc21. The van der Waals surface area contributed by atoms with Crippen LogP contribution in [-0.2, 0) is 25.8 Å². The second-order valence-corrected chi connectivity index (χ2v) is 41.4. The molecule has 8 heteroatoms. The first kappa shape index (κ1) is 49.8. The average molecular weight is 1060 g/mol. The van der Waals surface area contributed by atoms with Crippen molar-refractivity contribution in [1.29, 1.82) is 0 Å². The number of hydrogen-bond donors (Lipinski definition) is 2. The van der Waals surface area contributed by atoms with E-state index in [1.807, 2.05) is 13.8 Å². The molecule has 2 aliphatic rings. The molecule has 2 aliphatic carbocycles. The van der Waals surface area contributed by atoms with Gasteiger partial charge in [0.2, 0.25) is 0 Å². The van der Waals surface area contributed by atoms with Crippen LogP contribution < -0.4 is 10.5 Å². The fourth-order valence-electron chi connectivity index (χ4n) is 12.0. The standard InChI is InChI=1S/2C29H25.C6H11BN2O2.2ClH.Zr/c2*1-3-20(2)23-18-22-12-9-17-28(29(22)19-23)27-15-7-6-14-26(27)25-16-8-11-21-10-4-5-13-24(21)25;1-3-5(10)8-7-9-6(11)4-2;;;/h2*4-20H,3H2,1-2H3;3-4H2,1-2H3,(H-,8,9,10,11);2*1H;/q;;;;;+1/p-1. The Morgan fingerprint density at radius 2 is 0.778 bits per heavy atom. The molecule has 0 saturated carbocycles. The molecule has 0 spiro atoms. The molecular formula is C64H62BCl2N2O2Zr. The number of benzene rings is 8. The van der Waals surface area contributed by atoms with Crippen LogP contribution in [0, 0.1) is 11.8 Å². The molecule has 4 nitrogen and oxygen atoms in total. The molecule has 8 aromatic carbocycles. The summed E-state index contributed by atoms with van der Waals surface area (Å²) in [5.41, 5.74) is 15.6. The van der Waals surface area contributed by atoms with E-state index in [0.29, 0.717) is 0 Å². The van der Waals surface area contributed by atoms with Crippen LogP contribution in [0.15, 0.2) is 181 Å². The minimum absolute atomic E-state index is 0.0640. The molecule has 0 heterocycles. The number of halogens is 2. The van der Waals surface area contributed by atoms with E-state index in [0.717, 1.165) is 90.7 Å². The molecule has 0 bridgehead atoms. The summed E-state index contributed by atoms with van der Waals surface area (Å²) in [5, 5.41) is 11.5. The summed E-state index contributed by atoms with van der Waals surface area (Å²) < 4.78 is -2.03. The topological polar surface area (TPSA) is 58.2 Å². The van der Waals surface area contributed by atoms with Crippen molar-refractivity contribution in [1.82, 2.24) is 10.5 Å². The van der Waals surface area contributed by atoms with Gasteiger partial charge in [-0.15, -0.1) is 0 Å². The van der Waals surface area contributed by atoms with Crippen LogP contribution in [-0.4, -0.2) is 16.3 Å². The van der Waals surface area contributed by atoms with E-state index in [1.54, 1.807) is 0 Å². The summed E-state index contributed by atoms with van der Waals surface area (Å²) in [7, 11) is 18.5. The molecule has 2 N–H and O–H groups in total. The minimum atomic E-state index is -6.31. The Balaban J connectivity index is 1.25. The van der Waals surface area contributed by atoms with E-state index in [9.17, 15) is 26.6 Å². The van der Waals surface area contributed by atoms with E-state index < -0.39 is 27.9 Å². The molecule has 361 valence electrons. The molecule has 0 fully saturated rings. The summed E-state index contributed by atoms with van der Waals surface area (Å²) in [6.07, 6.45) is 6.84. The third-order valence-electron chi connectivity index (χ3n) is 16.1.